The highest BCUT2D eigenvalue weighted by molar-refractivity contribution is 5.84. The monoisotopic (exact) mass is 198 g/mol. The Morgan fingerprint density at radius 2 is 2.36 bits per heavy atom. The first-order chi connectivity index (χ1) is 6.63. The van der Waals surface area contributed by atoms with Crippen LogP contribution in [0.3, 0.4) is 0 Å². The second-order valence-electron chi connectivity index (χ2n) is 3.13. The predicted octanol–water partition coefficient (Wildman–Crippen LogP) is -0.374. The van der Waals surface area contributed by atoms with Gasteiger partial charge in [-0.15, -0.1) is 5.10 Å². The molecule has 0 N–H and O–H groups in total. The second-order valence-corrected chi connectivity index (χ2v) is 3.13. The summed E-state index contributed by atoms with van der Waals surface area (Å²) in [7, 11) is 5.25. The summed E-state index contributed by atoms with van der Waals surface area (Å²) in [5, 5.41) is 3.96. The number of methoxy groups -OCH3 is 1. The highest BCUT2D eigenvalue weighted by Crippen LogP contribution is 1.92. The molecule has 1 aromatic heterocycles. The third-order valence-corrected chi connectivity index (χ3v) is 1.68. The number of rotatable bonds is 4. The van der Waals surface area contributed by atoms with E-state index < -0.39 is 5.97 Å². The highest BCUT2D eigenvalue weighted by atomic mass is 16.5. The number of likely N-dealkylation sites (N-methyl/N-ethyl adjacent to an activating group) is 1. The van der Waals surface area contributed by atoms with Crippen molar-refractivity contribution < 1.29 is 9.53 Å². The van der Waals surface area contributed by atoms with Crippen LogP contribution < -0.4 is 0 Å². The van der Waals surface area contributed by atoms with Gasteiger partial charge < -0.3 is 9.64 Å². The minimum absolute atomic E-state index is 0.103. The lowest BCUT2D eigenvalue weighted by molar-refractivity contribution is 0.0586. The summed E-state index contributed by atoms with van der Waals surface area (Å²) in [5.41, 5.74) is 0. The fraction of sp³-hybridized carbons (Fsp3) is 0.625. The van der Waals surface area contributed by atoms with Crippen molar-refractivity contribution in [1.29, 1.82) is 0 Å². The van der Waals surface area contributed by atoms with Crippen LogP contribution in [0.5, 0.6) is 0 Å². The van der Waals surface area contributed by atoms with Gasteiger partial charge in [0, 0.05) is 6.54 Å². The lowest BCUT2D eigenvalue weighted by atomic mass is 10.6. The van der Waals surface area contributed by atoms with Crippen LogP contribution in [-0.2, 0) is 11.3 Å². The molecule has 0 unspecified atom stereocenters. The van der Waals surface area contributed by atoms with Crippen LogP contribution in [-0.4, -0.2) is 53.4 Å². The first-order valence-electron chi connectivity index (χ1n) is 4.26. The van der Waals surface area contributed by atoms with E-state index in [1.165, 1.54) is 13.4 Å². The van der Waals surface area contributed by atoms with Gasteiger partial charge in [-0.3, -0.25) is 4.68 Å². The molecule has 1 aromatic rings. The van der Waals surface area contributed by atoms with E-state index in [0.717, 1.165) is 6.54 Å². The molecule has 0 aromatic carbocycles. The molecule has 0 saturated carbocycles. The Bertz CT molecular complexity index is 308. The summed E-state index contributed by atoms with van der Waals surface area (Å²) in [5.74, 6) is -0.403. The summed E-state index contributed by atoms with van der Waals surface area (Å²) in [6.07, 6.45) is 1.52. The molecule has 0 atom stereocenters. The zero-order chi connectivity index (χ0) is 10.6. The molecule has 0 amide bonds. The largest absolute Gasteiger partial charge is 0.463 e. The van der Waals surface area contributed by atoms with Crippen molar-refractivity contribution in [1.82, 2.24) is 19.7 Å². The highest BCUT2D eigenvalue weighted by Gasteiger charge is 2.10. The van der Waals surface area contributed by atoms with E-state index in [2.05, 4.69) is 14.8 Å². The van der Waals surface area contributed by atoms with Crippen LogP contribution >= 0.6 is 0 Å². The van der Waals surface area contributed by atoms with Crippen molar-refractivity contribution in [3.8, 4) is 0 Å². The minimum atomic E-state index is -0.506. The van der Waals surface area contributed by atoms with E-state index in [0.29, 0.717) is 6.54 Å². The molecule has 0 aliphatic rings. The standard InChI is InChI=1S/C8H14N4O2/c1-11(2)4-5-12-6-9-7(10-12)8(13)14-3/h6H,4-5H2,1-3H3. The fourth-order valence-electron chi connectivity index (χ4n) is 0.890. The summed E-state index contributed by atoms with van der Waals surface area (Å²) < 4.78 is 6.10. The normalized spacial score (nSPS) is 10.6. The molecular formula is C8H14N4O2. The van der Waals surface area contributed by atoms with Gasteiger partial charge in [-0.1, -0.05) is 0 Å². The Kier molecular flexibility index (Phi) is 3.58. The van der Waals surface area contributed by atoms with Crippen molar-refractivity contribution >= 4 is 5.97 Å². The second kappa shape index (κ2) is 4.71. The van der Waals surface area contributed by atoms with E-state index in [1.54, 1.807) is 4.68 Å². The van der Waals surface area contributed by atoms with Crippen molar-refractivity contribution in [3.63, 3.8) is 0 Å². The molecule has 0 spiro atoms. The average molecular weight is 198 g/mol. The molecular weight excluding hydrogens is 184 g/mol. The van der Waals surface area contributed by atoms with Crippen LogP contribution in [0.1, 0.15) is 10.6 Å². The van der Waals surface area contributed by atoms with Crippen LogP contribution in [0.4, 0.5) is 0 Å². The molecule has 0 radical (unpaired) electrons. The quantitative estimate of drug-likeness (QED) is 0.617. The van der Waals surface area contributed by atoms with Gasteiger partial charge in [0.25, 0.3) is 5.82 Å². The maximum Gasteiger partial charge on any atom is 0.377 e. The van der Waals surface area contributed by atoms with Gasteiger partial charge in [-0.25, -0.2) is 9.78 Å². The molecule has 0 fully saturated rings. The van der Waals surface area contributed by atoms with Crippen LogP contribution in [0, 0.1) is 0 Å². The number of hydrogen-bond acceptors (Lipinski definition) is 5. The Balaban J connectivity index is 2.55. The topological polar surface area (TPSA) is 60.2 Å². The van der Waals surface area contributed by atoms with Crippen molar-refractivity contribution in [2.24, 2.45) is 0 Å². The number of carbonyl (C=O) groups excluding carboxylic acids is 1. The Morgan fingerprint density at radius 1 is 1.64 bits per heavy atom. The van der Waals surface area contributed by atoms with Gasteiger partial charge >= 0.3 is 5.97 Å². The Morgan fingerprint density at radius 3 is 2.93 bits per heavy atom. The first kappa shape index (κ1) is 10.6. The van der Waals surface area contributed by atoms with Gasteiger partial charge in [0.1, 0.15) is 6.33 Å². The van der Waals surface area contributed by atoms with Crippen LogP contribution in [0.25, 0.3) is 0 Å². The van der Waals surface area contributed by atoms with Crippen LogP contribution in [0.2, 0.25) is 0 Å². The Labute approximate surface area is 82.5 Å². The zero-order valence-electron chi connectivity index (χ0n) is 8.60. The van der Waals surface area contributed by atoms with E-state index in [9.17, 15) is 4.79 Å². The number of aromatic nitrogens is 3. The third-order valence-electron chi connectivity index (χ3n) is 1.68. The van der Waals surface area contributed by atoms with Crippen LogP contribution in [0.15, 0.2) is 6.33 Å². The van der Waals surface area contributed by atoms with Gasteiger partial charge in [-0.05, 0) is 14.1 Å². The Hall–Kier alpha value is -1.43. The zero-order valence-corrected chi connectivity index (χ0v) is 8.60. The SMILES string of the molecule is COC(=O)c1ncn(CCN(C)C)n1. The molecule has 1 heterocycles. The van der Waals surface area contributed by atoms with E-state index in [1.807, 2.05) is 19.0 Å². The van der Waals surface area contributed by atoms with E-state index in [4.69, 9.17) is 0 Å². The minimum Gasteiger partial charge on any atom is -0.463 e. The lowest BCUT2D eigenvalue weighted by Crippen LogP contribution is -2.19. The fourth-order valence-corrected chi connectivity index (χ4v) is 0.890. The van der Waals surface area contributed by atoms with Crippen molar-refractivity contribution in [2.45, 2.75) is 6.54 Å². The van der Waals surface area contributed by atoms with E-state index in [-0.39, 0.29) is 5.82 Å². The predicted molar refractivity (Wildman–Crippen MR) is 49.9 cm³/mol. The first-order valence-corrected chi connectivity index (χ1v) is 4.26. The maximum absolute atomic E-state index is 11.0. The number of carbonyl (C=O) groups is 1. The van der Waals surface area contributed by atoms with Crippen molar-refractivity contribution in [3.05, 3.63) is 12.2 Å². The smallest absolute Gasteiger partial charge is 0.377 e. The van der Waals surface area contributed by atoms with Gasteiger partial charge in [0.05, 0.1) is 13.7 Å². The van der Waals surface area contributed by atoms with E-state index >= 15 is 0 Å². The molecule has 14 heavy (non-hydrogen) atoms. The molecule has 1 rings (SSSR count). The van der Waals surface area contributed by atoms with Crippen molar-refractivity contribution in [2.75, 3.05) is 27.7 Å². The average Bonchev–Trinajstić information content (AvgIpc) is 2.62. The number of hydrogen-bond donors (Lipinski definition) is 0. The molecule has 78 valence electrons. The molecule has 6 nitrogen and oxygen atoms in total. The summed E-state index contributed by atoms with van der Waals surface area (Å²) in [6.45, 7) is 1.56. The van der Waals surface area contributed by atoms with Gasteiger partial charge in [-0.2, -0.15) is 0 Å². The van der Waals surface area contributed by atoms with Gasteiger partial charge in [0.2, 0.25) is 0 Å². The molecule has 0 aliphatic heterocycles. The summed E-state index contributed by atoms with van der Waals surface area (Å²) >= 11 is 0. The molecule has 0 saturated heterocycles. The lowest BCUT2D eigenvalue weighted by Gasteiger charge is -2.07. The molecule has 0 bridgehead atoms. The number of ether oxygens (including phenoxy) is 1. The molecule has 0 aliphatic carbocycles. The summed E-state index contributed by atoms with van der Waals surface area (Å²) in [6, 6.07) is 0. The summed E-state index contributed by atoms with van der Waals surface area (Å²) in [4.78, 5) is 16.8. The maximum atomic E-state index is 11.0. The molecule has 6 heteroatoms. The third kappa shape index (κ3) is 2.81. The number of esters is 1. The van der Waals surface area contributed by atoms with Gasteiger partial charge in [0.15, 0.2) is 0 Å². The number of nitrogens with zero attached hydrogens (tertiary/aromatic N) is 4.